The van der Waals surface area contributed by atoms with E-state index in [9.17, 15) is 8.42 Å². The number of nitrogens with one attached hydrogen (secondary N) is 1. The van der Waals surface area contributed by atoms with Crippen LogP contribution in [-0.4, -0.2) is 35.8 Å². The van der Waals surface area contributed by atoms with Crippen LogP contribution in [0.15, 0.2) is 35.4 Å². The van der Waals surface area contributed by atoms with Gasteiger partial charge in [-0.05, 0) is 39.3 Å². The molecule has 0 fully saturated rings. The molecule has 6 heteroatoms. The molecule has 5 nitrogen and oxygen atoms in total. The summed E-state index contributed by atoms with van der Waals surface area (Å²) in [6.45, 7) is 6.76. The Morgan fingerprint density at radius 1 is 1.29 bits per heavy atom. The smallest absolute Gasteiger partial charge is 0.179 e. The third kappa shape index (κ3) is 3.87. The minimum Gasteiger partial charge on any atom is -0.333 e. The van der Waals surface area contributed by atoms with E-state index in [1.165, 1.54) is 0 Å². The van der Waals surface area contributed by atoms with E-state index >= 15 is 0 Å². The topological polar surface area (TPSA) is 64.0 Å². The summed E-state index contributed by atoms with van der Waals surface area (Å²) in [5.41, 5.74) is 2.11. The standard InChI is InChI=1S/C18H25N3O2S/c1-13-4-7-17(8-5-13)24(22,23)12-15(3)19-16-6-9-18-20-14(2)10-21(18)11-16/h4-5,7-8,10,15-16,19H,6,9,11-12H2,1-3H3/t15-,16+/m1/s1. The number of hydrogen-bond acceptors (Lipinski definition) is 4. The van der Waals surface area contributed by atoms with Crippen molar-refractivity contribution in [2.24, 2.45) is 0 Å². The molecule has 2 heterocycles. The highest BCUT2D eigenvalue weighted by Crippen LogP contribution is 2.17. The highest BCUT2D eigenvalue weighted by Gasteiger charge is 2.24. The van der Waals surface area contributed by atoms with Crippen LogP contribution >= 0.6 is 0 Å². The van der Waals surface area contributed by atoms with Gasteiger partial charge in [0.25, 0.3) is 0 Å². The molecule has 1 aromatic carbocycles. The second-order valence-corrected chi connectivity index (χ2v) is 8.88. The van der Waals surface area contributed by atoms with Crippen LogP contribution in [0, 0.1) is 13.8 Å². The average molecular weight is 347 g/mol. The molecule has 0 spiro atoms. The SMILES string of the molecule is Cc1ccc(S(=O)(=O)C[C@@H](C)N[C@H]2CCc3nc(C)cn3C2)cc1. The zero-order valence-electron chi connectivity index (χ0n) is 14.5. The fourth-order valence-electron chi connectivity index (χ4n) is 3.34. The minimum absolute atomic E-state index is 0.0903. The monoisotopic (exact) mass is 347 g/mol. The van der Waals surface area contributed by atoms with Crippen LogP contribution in [-0.2, 0) is 22.8 Å². The van der Waals surface area contributed by atoms with Crippen molar-refractivity contribution < 1.29 is 8.42 Å². The number of rotatable bonds is 5. The molecule has 0 amide bonds. The van der Waals surface area contributed by atoms with E-state index in [-0.39, 0.29) is 17.8 Å². The van der Waals surface area contributed by atoms with Crippen LogP contribution < -0.4 is 5.32 Å². The number of hydrogen-bond donors (Lipinski definition) is 1. The van der Waals surface area contributed by atoms with Gasteiger partial charge >= 0.3 is 0 Å². The van der Waals surface area contributed by atoms with Gasteiger partial charge in [0.2, 0.25) is 0 Å². The molecule has 0 bridgehead atoms. The summed E-state index contributed by atoms with van der Waals surface area (Å²) in [6.07, 6.45) is 3.99. The number of aryl methyl sites for hydroxylation is 3. The molecular formula is C18H25N3O2S. The third-order valence-electron chi connectivity index (χ3n) is 4.48. The van der Waals surface area contributed by atoms with Crippen LogP contribution in [0.25, 0.3) is 0 Å². The van der Waals surface area contributed by atoms with Gasteiger partial charge < -0.3 is 9.88 Å². The Bertz CT molecular complexity index is 809. The first-order valence-electron chi connectivity index (χ1n) is 8.41. The third-order valence-corrected chi connectivity index (χ3v) is 6.41. The van der Waals surface area contributed by atoms with E-state index < -0.39 is 9.84 Å². The molecule has 0 unspecified atom stereocenters. The molecule has 0 radical (unpaired) electrons. The Kier molecular flexibility index (Phi) is 4.78. The van der Waals surface area contributed by atoms with Gasteiger partial charge in [-0.3, -0.25) is 0 Å². The molecule has 0 aliphatic carbocycles. The van der Waals surface area contributed by atoms with Crippen LogP contribution in [0.2, 0.25) is 0 Å². The first-order valence-corrected chi connectivity index (χ1v) is 10.1. The van der Waals surface area contributed by atoms with Gasteiger partial charge in [-0.25, -0.2) is 13.4 Å². The van der Waals surface area contributed by atoms with Crippen molar-refractivity contribution in [3.8, 4) is 0 Å². The Balaban J connectivity index is 1.61. The summed E-state index contributed by atoms with van der Waals surface area (Å²) in [5, 5.41) is 3.48. The number of nitrogens with zero attached hydrogens (tertiary/aromatic N) is 2. The molecule has 2 aromatic rings. The number of imidazole rings is 1. The quantitative estimate of drug-likeness (QED) is 0.901. The van der Waals surface area contributed by atoms with Crippen molar-refractivity contribution in [3.05, 3.63) is 47.5 Å². The molecule has 1 aliphatic rings. The lowest BCUT2D eigenvalue weighted by atomic mass is 10.1. The van der Waals surface area contributed by atoms with Gasteiger partial charge in [-0.1, -0.05) is 17.7 Å². The summed E-state index contributed by atoms with van der Waals surface area (Å²) in [5.74, 6) is 1.24. The Morgan fingerprint density at radius 2 is 2.00 bits per heavy atom. The normalized spacial score (nSPS) is 19.0. The van der Waals surface area contributed by atoms with Gasteiger partial charge in [-0.2, -0.15) is 0 Å². The Labute approximate surface area is 144 Å². The van der Waals surface area contributed by atoms with Crippen LogP contribution in [0.5, 0.6) is 0 Å². The van der Waals surface area contributed by atoms with Crippen molar-refractivity contribution in [2.75, 3.05) is 5.75 Å². The van der Waals surface area contributed by atoms with Crippen molar-refractivity contribution >= 4 is 9.84 Å². The number of sulfone groups is 1. The van der Waals surface area contributed by atoms with E-state index in [1.54, 1.807) is 12.1 Å². The van der Waals surface area contributed by atoms with Crippen molar-refractivity contribution in [1.29, 1.82) is 0 Å². The average Bonchev–Trinajstić information content (AvgIpc) is 2.86. The second kappa shape index (κ2) is 6.69. The van der Waals surface area contributed by atoms with Crippen molar-refractivity contribution in [2.45, 2.75) is 57.1 Å². The maximum absolute atomic E-state index is 12.5. The molecule has 130 valence electrons. The molecule has 0 saturated carbocycles. The second-order valence-electron chi connectivity index (χ2n) is 6.85. The summed E-state index contributed by atoms with van der Waals surface area (Å²) in [4.78, 5) is 4.91. The van der Waals surface area contributed by atoms with Gasteiger partial charge in [0.1, 0.15) is 5.82 Å². The number of benzene rings is 1. The molecule has 2 atom stereocenters. The van der Waals surface area contributed by atoms with E-state index in [4.69, 9.17) is 0 Å². The lowest BCUT2D eigenvalue weighted by molar-refractivity contribution is 0.357. The molecule has 3 rings (SSSR count). The highest BCUT2D eigenvalue weighted by atomic mass is 32.2. The van der Waals surface area contributed by atoms with Gasteiger partial charge in [0.05, 0.1) is 16.3 Å². The van der Waals surface area contributed by atoms with Gasteiger partial charge in [-0.15, -0.1) is 0 Å². The van der Waals surface area contributed by atoms with E-state index in [0.717, 1.165) is 36.5 Å². The van der Waals surface area contributed by atoms with Gasteiger partial charge in [0.15, 0.2) is 9.84 Å². The Morgan fingerprint density at radius 3 is 2.71 bits per heavy atom. The zero-order valence-corrected chi connectivity index (χ0v) is 15.3. The highest BCUT2D eigenvalue weighted by molar-refractivity contribution is 7.91. The fraction of sp³-hybridized carbons (Fsp3) is 0.500. The number of aromatic nitrogens is 2. The van der Waals surface area contributed by atoms with E-state index in [0.29, 0.717) is 4.90 Å². The molecule has 1 N–H and O–H groups in total. The summed E-state index contributed by atoms with van der Waals surface area (Å²) < 4.78 is 27.3. The van der Waals surface area contributed by atoms with Crippen molar-refractivity contribution in [3.63, 3.8) is 0 Å². The summed E-state index contributed by atoms with van der Waals surface area (Å²) >= 11 is 0. The molecule has 1 aromatic heterocycles. The van der Waals surface area contributed by atoms with Crippen molar-refractivity contribution in [1.82, 2.24) is 14.9 Å². The minimum atomic E-state index is -3.27. The lowest BCUT2D eigenvalue weighted by Gasteiger charge is -2.27. The predicted molar refractivity (Wildman–Crippen MR) is 94.9 cm³/mol. The zero-order chi connectivity index (χ0) is 17.3. The summed E-state index contributed by atoms with van der Waals surface area (Å²) in [6, 6.07) is 7.27. The Hall–Kier alpha value is -1.66. The maximum atomic E-state index is 12.5. The van der Waals surface area contributed by atoms with E-state index in [1.807, 2.05) is 32.9 Å². The van der Waals surface area contributed by atoms with Gasteiger partial charge in [0, 0.05) is 31.2 Å². The molecule has 1 aliphatic heterocycles. The first kappa shape index (κ1) is 17.2. The van der Waals surface area contributed by atoms with Crippen LogP contribution in [0.3, 0.4) is 0 Å². The van der Waals surface area contributed by atoms with Crippen LogP contribution in [0.4, 0.5) is 0 Å². The summed E-state index contributed by atoms with van der Waals surface area (Å²) in [7, 11) is -3.27. The first-order chi connectivity index (χ1) is 11.3. The maximum Gasteiger partial charge on any atom is 0.179 e. The largest absolute Gasteiger partial charge is 0.333 e. The number of fused-ring (bicyclic) bond motifs is 1. The van der Waals surface area contributed by atoms with Crippen LogP contribution in [0.1, 0.15) is 30.4 Å². The predicted octanol–water partition coefficient (Wildman–Crippen LogP) is 2.27. The van der Waals surface area contributed by atoms with E-state index in [2.05, 4.69) is 21.1 Å². The lowest BCUT2D eigenvalue weighted by Crippen LogP contribution is -2.44. The molecule has 0 saturated heterocycles. The fourth-order valence-corrected chi connectivity index (χ4v) is 4.84. The molecule has 24 heavy (non-hydrogen) atoms. The molecular weight excluding hydrogens is 322 g/mol.